The van der Waals surface area contributed by atoms with Gasteiger partial charge in [-0.05, 0) is 24.6 Å². The predicted molar refractivity (Wildman–Crippen MR) is 40.4 cm³/mol. The summed E-state index contributed by atoms with van der Waals surface area (Å²) in [6.45, 7) is 1.46. The molecule has 0 bridgehead atoms. The lowest BCUT2D eigenvalue weighted by Gasteiger charge is -2.03. The molecule has 0 amide bonds. The van der Waals surface area contributed by atoms with E-state index in [0.29, 0.717) is 0 Å². The summed E-state index contributed by atoms with van der Waals surface area (Å²) in [5.74, 6) is -0.989. The van der Waals surface area contributed by atoms with Crippen LogP contribution in [0.1, 0.15) is 11.1 Å². The van der Waals surface area contributed by atoms with Gasteiger partial charge in [-0.1, -0.05) is 0 Å². The van der Waals surface area contributed by atoms with E-state index in [1.807, 2.05) is 0 Å². The number of nitrogens with zero attached hydrogens (tertiary/aromatic N) is 1. The molecule has 1 rings (SSSR count). The van der Waals surface area contributed by atoms with Crippen molar-refractivity contribution in [2.24, 2.45) is 0 Å². The fourth-order valence-corrected chi connectivity index (χ4v) is 0.991. The first-order valence-corrected chi connectivity index (χ1v) is 3.47. The van der Waals surface area contributed by atoms with E-state index in [4.69, 9.17) is 5.26 Å². The van der Waals surface area contributed by atoms with Crippen molar-refractivity contribution in [2.75, 3.05) is 0 Å². The molecule has 62 valence electrons. The lowest BCUT2D eigenvalue weighted by molar-refractivity contribution is 0.581. The lowest BCUT2D eigenvalue weighted by atomic mass is 10.1. The normalized spacial score (nSPS) is 9.50. The molecular formula is C9H7F2N. The Bertz CT molecular complexity index is 339. The van der Waals surface area contributed by atoms with Crippen molar-refractivity contribution in [1.29, 1.82) is 5.26 Å². The van der Waals surface area contributed by atoms with Gasteiger partial charge in [-0.2, -0.15) is 5.26 Å². The van der Waals surface area contributed by atoms with E-state index >= 15 is 0 Å². The Kier molecular flexibility index (Phi) is 2.39. The fourth-order valence-electron chi connectivity index (χ4n) is 0.991. The molecule has 0 aliphatic rings. The second kappa shape index (κ2) is 3.31. The molecule has 0 fully saturated rings. The molecule has 0 heterocycles. The van der Waals surface area contributed by atoms with Crippen molar-refractivity contribution in [3.05, 3.63) is 34.9 Å². The van der Waals surface area contributed by atoms with Gasteiger partial charge in [-0.15, -0.1) is 0 Å². The van der Waals surface area contributed by atoms with Gasteiger partial charge in [0.15, 0.2) is 0 Å². The van der Waals surface area contributed by atoms with Crippen molar-refractivity contribution >= 4 is 0 Å². The highest BCUT2D eigenvalue weighted by Crippen LogP contribution is 2.16. The zero-order valence-electron chi connectivity index (χ0n) is 6.56. The van der Waals surface area contributed by atoms with E-state index in [9.17, 15) is 8.78 Å². The summed E-state index contributed by atoms with van der Waals surface area (Å²) in [7, 11) is 0. The van der Waals surface area contributed by atoms with Gasteiger partial charge in [0.1, 0.15) is 11.6 Å². The molecule has 0 atom stereocenters. The molecule has 1 aromatic rings. The first kappa shape index (κ1) is 8.66. The van der Waals surface area contributed by atoms with E-state index in [1.54, 1.807) is 6.07 Å². The average molecular weight is 167 g/mol. The summed E-state index contributed by atoms with van der Waals surface area (Å²) < 4.78 is 25.7. The maximum atomic E-state index is 12.9. The van der Waals surface area contributed by atoms with Crippen LogP contribution in [0.5, 0.6) is 0 Å². The molecule has 0 aliphatic heterocycles. The second-order valence-electron chi connectivity index (χ2n) is 2.47. The van der Waals surface area contributed by atoms with E-state index in [0.717, 1.165) is 12.1 Å². The van der Waals surface area contributed by atoms with E-state index in [1.165, 1.54) is 6.92 Å². The van der Waals surface area contributed by atoms with Crippen LogP contribution in [0, 0.1) is 29.9 Å². The molecule has 3 heteroatoms. The number of rotatable bonds is 1. The highest BCUT2D eigenvalue weighted by Gasteiger charge is 2.08. The van der Waals surface area contributed by atoms with Crippen LogP contribution in [0.2, 0.25) is 0 Å². The van der Waals surface area contributed by atoms with Crippen LogP contribution in [0.3, 0.4) is 0 Å². The van der Waals surface area contributed by atoms with Crippen LogP contribution in [0.4, 0.5) is 8.78 Å². The third kappa shape index (κ3) is 1.42. The van der Waals surface area contributed by atoms with Crippen molar-refractivity contribution in [1.82, 2.24) is 0 Å². The quantitative estimate of drug-likeness (QED) is 0.629. The van der Waals surface area contributed by atoms with Crippen LogP contribution in [0.15, 0.2) is 12.1 Å². The summed E-state index contributed by atoms with van der Waals surface area (Å²) >= 11 is 0. The maximum Gasteiger partial charge on any atom is 0.127 e. The summed E-state index contributed by atoms with van der Waals surface area (Å²) in [5, 5.41) is 8.32. The average Bonchev–Trinajstić information content (AvgIpc) is 2.06. The van der Waals surface area contributed by atoms with Crippen molar-refractivity contribution in [2.45, 2.75) is 13.3 Å². The standard InChI is InChI=1S/C9H7F2N/c1-6-7(4-5-12)9(11)3-2-8(6)10/h2-3H,4H2,1H3. The highest BCUT2D eigenvalue weighted by molar-refractivity contribution is 5.30. The minimum absolute atomic E-state index is 0.0879. The first-order chi connectivity index (χ1) is 5.66. The lowest BCUT2D eigenvalue weighted by Crippen LogP contribution is -1.96. The molecule has 1 nitrogen and oxygen atoms in total. The van der Waals surface area contributed by atoms with Crippen molar-refractivity contribution < 1.29 is 8.78 Å². The van der Waals surface area contributed by atoms with Gasteiger partial charge >= 0.3 is 0 Å². The summed E-state index contributed by atoms with van der Waals surface area (Å²) in [6.07, 6.45) is -0.0879. The third-order valence-electron chi connectivity index (χ3n) is 1.73. The Morgan fingerprint density at radius 3 is 2.50 bits per heavy atom. The molecular weight excluding hydrogens is 160 g/mol. The van der Waals surface area contributed by atoms with Crippen LogP contribution in [-0.2, 0) is 6.42 Å². The van der Waals surface area contributed by atoms with Crippen LogP contribution in [0.25, 0.3) is 0 Å². The van der Waals surface area contributed by atoms with Gasteiger partial charge < -0.3 is 0 Å². The Labute approximate surface area is 69.2 Å². The van der Waals surface area contributed by atoms with Gasteiger partial charge in [0, 0.05) is 5.56 Å². The molecule has 0 saturated carbocycles. The maximum absolute atomic E-state index is 12.9. The Balaban J connectivity index is 3.25. The molecule has 0 spiro atoms. The molecule has 0 radical (unpaired) electrons. The molecule has 1 aromatic carbocycles. The highest BCUT2D eigenvalue weighted by atomic mass is 19.1. The van der Waals surface area contributed by atoms with Crippen LogP contribution >= 0.6 is 0 Å². The zero-order chi connectivity index (χ0) is 9.14. The molecule has 0 aliphatic carbocycles. The van der Waals surface area contributed by atoms with Crippen LogP contribution < -0.4 is 0 Å². The van der Waals surface area contributed by atoms with E-state index in [-0.39, 0.29) is 17.5 Å². The first-order valence-electron chi connectivity index (χ1n) is 3.47. The van der Waals surface area contributed by atoms with Crippen molar-refractivity contribution in [3.8, 4) is 6.07 Å². The topological polar surface area (TPSA) is 23.8 Å². The third-order valence-corrected chi connectivity index (χ3v) is 1.73. The number of nitriles is 1. The predicted octanol–water partition coefficient (Wildman–Crippen LogP) is 2.34. The smallest absolute Gasteiger partial charge is 0.127 e. The Morgan fingerprint density at radius 2 is 1.92 bits per heavy atom. The Hall–Kier alpha value is -1.43. The molecule has 12 heavy (non-hydrogen) atoms. The second-order valence-corrected chi connectivity index (χ2v) is 2.47. The molecule has 0 unspecified atom stereocenters. The zero-order valence-corrected chi connectivity index (χ0v) is 6.56. The summed E-state index contributed by atoms with van der Waals surface area (Å²) in [5.41, 5.74) is 0.369. The van der Waals surface area contributed by atoms with Gasteiger partial charge in [0.25, 0.3) is 0 Å². The van der Waals surface area contributed by atoms with E-state index in [2.05, 4.69) is 0 Å². The fraction of sp³-hybridized carbons (Fsp3) is 0.222. The summed E-state index contributed by atoms with van der Waals surface area (Å²) in [4.78, 5) is 0. The SMILES string of the molecule is Cc1c(F)ccc(F)c1CC#N. The monoisotopic (exact) mass is 167 g/mol. The molecule has 0 saturated heterocycles. The largest absolute Gasteiger partial charge is 0.207 e. The van der Waals surface area contributed by atoms with Gasteiger partial charge in [0.05, 0.1) is 12.5 Å². The van der Waals surface area contributed by atoms with Crippen LogP contribution in [-0.4, -0.2) is 0 Å². The number of halogens is 2. The minimum Gasteiger partial charge on any atom is -0.207 e. The molecule has 0 aromatic heterocycles. The van der Waals surface area contributed by atoms with Crippen molar-refractivity contribution in [3.63, 3.8) is 0 Å². The van der Waals surface area contributed by atoms with Gasteiger partial charge in [0.2, 0.25) is 0 Å². The molecule has 0 N–H and O–H groups in total. The van der Waals surface area contributed by atoms with E-state index < -0.39 is 11.6 Å². The number of benzene rings is 1. The van der Waals surface area contributed by atoms with Gasteiger partial charge in [-0.25, -0.2) is 8.78 Å². The Morgan fingerprint density at radius 1 is 1.33 bits per heavy atom. The number of hydrogen-bond acceptors (Lipinski definition) is 1. The van der Waals surface area contributed by atoms with Gasteiger partial charge in [-0.3, -0.25) is 0 Å². The number of hydrogen-bond donors (Lipinski definition) is 0. The minimum atomic E-state index is -0.518. The summed E-state index contributed by atoms with van der Waals surface area (Å²) in [6, 6.07) is 3.88.